The van der Waals surface area contributed by atoms with Gasteiger partial charge < -0.3 is 4.42 Å². The van der Waals surface area contributed by atoms with E-state index in [4.69, 9.17) is 12.6 Å². The Labute approximate surface area is 223 Å². The maximum Gasteiger partial charge on any atom is 0.299 e. The van der Waals surface area contributed by atoms with Gasteiger partial charge in [-0.15, -0.1) is 0 Å². The summed E-state index contributed by atoms with van der Waals surface area (Å²) in [5.74, 6) is -3.74. The highest BCUT2D eigenvalue weighted by molar-refractivity contribution is 6.08. The van der Waals surface area contributed by atoms with Crippen molar-refractivity contribution in [1.82, 2.24) is 9.55 Å². The molecule has 6 rings (SSSR count). The molecule has 2 atom stereocenters. The Kier molecular flexibility index (Phi) is 3.53. The van der Waals surface area contributed by atoms with Crippen LogP contribution in [0.4, 0.5) is 0 Å². The molecule has 180 valence electrons. The average molecular weight is 483 g/mol. The van der Waals surface area contributed by atoms with Crippen molar-refractivity contribution in [3.63, 3.8) is 0 Å². The Morgan fingerprint density at radius 2 is 1.67 bits per heavy atom. The molecule has 3 aromatic carbocycles. The summed E-state index contributed by atoms with van der Waals surface area (Å²) in [7, 11) is 1.88. The number of aryl methyl sites for hydroxylation is 2. The number of imidazole rings is 1. The smallest absolute Gasteiger partial charge is 0.299 e. The van der Waals surface area contributed by atoms with Crippen molar-refractivity contribution < 1.29 is 20.0 Å². The molecule has 0 N–H and O–H groups in total. The molecule has 36 heavy (non-hydrogen) atoms. The van der Waals surface area contributed by atoms with E-state index in [1.54, 1.807) is 22.9 Å². The summed E-state index contributed by atoms with van der Waals surface area (Å²) in [6.45, 7) is -0.990. The van der Waals surface area contributed by atoms with E-state index in [2.05, 4.69) is 4.98 Å². The third-order valence-electron chi connectivity index (χ3n) is 6.93. The van der Waals surface area contributed by atoms with E-state index >= 15 is 0 Å². The van der Waals surface area contributed by atoms with Gasteiger partial charge in [0.15, 0.2) is 16.6 Å². The lowest BCUT2D eigenvalue weighted by atomic mass is 9.92. The lowest BCUT2D eigenvalue weighted by molar-refractivity contribution is -0.633. The number of hydrogen-bond donors (Lipinski definition) is 0. The normalized spacial score (nSPS) is 19.3. The van der Waals surface area contributed by atoms with Gasteiger partial charge in [0.1, 0.15) is 11.3 Å². The molecule has 0 saturated heterocycles. The quantitative estimate of drug-likeness (QED) is 0.239. The van der Waals surface area contributed by atoms with Crippen molar-refractivity contribution in [1.29, 1.82) is 0 Å². The number of hydrogen-bond acceptors (Lipinski definition) is 2. The SMILES string of the molecule is [2H]C([2H])([2H])C([2H])(C)c1cccc(C([2H])(C)C([2H])([2H])[2H])c1-n1c(-c2c(C)ccc3c2oc2ncccc23)[n+](C)c2ccccc21. The number of nitrogens with zero attached hydrogens (tertiary/aromatic N) is 3. The Morgan fingerprint density at radius 1 is 0.917 bits per heavy atom. The zero-order chi connectivity index (χ0) is 32.0. The second-order valence-corrected chi connectivity index (χ2v) is 9.25. The number of benzene rings is 3. The van der Waals surface area contributed by atoms with Crippen LogP contribution < -0.4 is 4.57 Å². The highest BCUT2D eigenvalue weighted by Gasteiger charge is 2.33. The van der Waals surface area contributed by atoms with Crippen molar-refractivity contribution in [3.8, 4) is 17.1 Å². The molecule has 0 bridgehead atoms. The average Bonchev–Trinajstić information content (AvgIpc) is 3.46. The van der Waals surface area contributed by atoms with Gasteiger partial charge >= 0.3 is 0 Å². The van der Waals surface area contributed by atoms with Crippen LogP contribution in [-0.4, -0.2) is 9.55 Å². The highest BCUT2D eigenvalue weighted by atomic mass is 16.3. The first-order valence-corrected chi connectivity index (χ1v) is 11.9. The molecule has 4 nitrogen and oxygen atoms in total. The molecule has 0 saturated carbocycles. The lowest BCUT2D eigenvalue weighted by Gasteiger charge is -2.18. The van der Waals surface area contributed by atoms with Crippen LogP contribution in [0.2, 0.25) is 0 Å². The van der Waals surface area contributed by atoms with Gasteiger partial charge in [-0.2, -0.15) is 4.57 Å². The van der Waals surface area contributed by atoms with Gasteiger partial charge in [-0.25, -0.2) is 9.55 Å². The summed E-state index contributed by atoms with van der Waals surface area (Å²) in [5, 5.41) is 1.66. The van der Waals surface area contributed by atoms with Gasteiger partial charge in [0.2, 0.25) is 5.71 Å². The first-order valence-electron chi connectivity index (χ1n) is 15.9. The molecule has 3 heterocycles. The molecule has 2 unspecified atom stereocenters. The zero-order valence-corrected chi connectivity index (χ0v) is 20.7. The molecule has 4 heteroatoms. The van der Waals surface area contributed by atoms with Crippen LogP contribution in [0.5, 0.6) is 0 Å². The molecule has 0 radical (unpaired) electrons. The Hall–Kier alpha value is -3.92. The van der Waals surface area contributed by atoms with Crippen LogP contribution in [0.25, 0.3) is 50.2 Å². The van der Waals surface area contributed by atoms with Crippen LogP contribution in [-0.2, 0) is 7.05 Å². The summed E-state index contributed by atoms with van der Waals surface area (Å²) < 4.78 is 78.4. The summed E-state index contributed by atoms with van der Waals surface area (Å²) in [4.78, 5) is 4.42. The number of aromatic nitrogens is 3. The number of pyridine rings is 1. The van der Waals surface area contributed by atoms with E-state index < -0.39 is 25.5 Å². The molecule has 0 amide bonds. The van der Waals surface area contributed by atoms with Crippen LogP contribution in [0.3, 0.4) is 0 Å². The summed E-state index contributed by atoms with van der Waals surface area (Å²) in [6.07, 6.45) is 1.66. The minimum absolute atomic E-state index is 0.0800. The van der Waals surface area contributed by atoms with Crippen LogP contribution >= 0.6 is 0 Å². The molecule has 6 aromatic rings. The Bertz CT molecular complexity index is 2040. The van der Waals surface area contributed by atoms with Crippen LogP contribution in [0.15, 0.2) is 77.3 Å². The second kappa shape index (κ2) is 8.34. The first-order chi connectivity index (χ1) is 20.5. The standard InChI is InChI=1S/C32H32N3O/c1-19(2)22-11-9-12-23(20(3)4)29(22)35-27-15-8-7-14-26(27)34(6)32(35)28-21(5)16-17-24-25-13-10-18-33-31(25)36-30(24)28/h7-20H,1-6H3/q+1/i1D3,3D3,19D,20D. The van der Waals surface area contributed by atoms with Crippen molar-refractivity contribution >= 4 is 33.1 Å². The zero-order valence-electron chi connectivity index (χ0n) is 28.7. The molecule has 0 aliphatic carbocycles. The monoisotopic (exact) mass is 482 g/mol. The molecular formula is C32H32N3O+. The molecule has 0 spiro atoms. The lowest BCUT2D eigenvalue weighted by Crippen LogP contribution is -2.30. The van der Waals surface area contributed by atoms with Crippen LogP contribution in [0, 0.1) is 6.92 Å². The van der Waals surface area contributed by atoms with E-state index in [0.717, 1.165) is 21.9 Å². The van der Waals surface area contributed by atoms with Gasteiger partial charge in [0, 0.05) is 39.1 Å². The van der Waals surface area contributed by atoms with Gasteiger partial charge in [-0.05, 0) is 48.5 Å². The van der Waals surface area contributed by atoms with Crippen molar-refractivity contribution in [2.45, 2.75) is 46.3 Å². The fourth-order valence-corrected chi connectivity index (χ4v) is 5.26. The van der Waals surface area contributed by atoms with E-state index in [9.17, 15) is 2.74 Å². The Balaban J connectivity index is 1.87. The van der Waals surface area contributed by atoms with Gasteiger partial charge in [-0.1, -0.05) is 70.0 Å². The van der Waals surface area contributed by atoms with Crippen molar-refractivity contribution in [2.75, 3.05) is 0 Å². The fraction of sp³-hybridized carbons (Fsp3) is 0.250. The molecule has 3 aromatic heterocycles. The summed E-state index contributed by atoms with van der Waals surface area (Å²) in [6, 6.07) is 19.9. The van der Waals surface area contributed by atoms with Crippen LogP contribution in [0.1, 0.15) is 67.0 Å². The molecule has 0 aliphatic heterocycles. The fourth-order valence-electron chi connectivity index (χ4n) is 5.26. The van der Waals surface area contributed by atoms with Gasteiger partial charge in [-0.3, -0.25) is 0 Å². The Morgan fingerprint density at radius 3 is 2.42 bits per heavy atom. The highest BCUT2D eigenvalue weighted by Crippen LogP contribution is 2.41. The second-order valence-electron chi connectivity index (χ2n) is 9.25. The number of para-hydroxylation sites is 3. The predicted molar refractivity (Wildman–Crippen MR) is 148 cm³/mol. The third-order valence-corrected chi connectivity index (χ3v) is 6.93. The van der Waals surface area contributed by atoms with Gasteiger partial charge in [0.05, 0.1) is 7.05 Å². The molecule has 0 aliphatic rings. The number of rotatable bonds is 4. The van der Waals surface area contributed by atoms with Crippen molar-refractivity contribution in [3.05, 3.63) is 89.6 Å². The van der Waals surface area contributed by atoms with E-state index in [-0.39, 0.29) is 16.8 Å². The third kappa shape index (κ3) is 3.21. The summed E-state index contributed by atoms with van der Waals surface area (Å²) >= 11 is 0. The minimum Gasteiger partial charge on any atom is -0.437 e. The number of fused-ring (bicyclic) bond motifs is 4. The van der Waals surface area contributed by atoms with E-state index in [1.165, 1.54) is 19.9 Å². The van der Waals surface area contributed by atoms with E-state index in [1.807, 2.05) is 67.1 Å². The molecule has 0 fully saturated rings. The van der Waals surface area contributed by atoms with E-state index in [0.29, 0.717) is 28.2 Å². The topological polar surface area (TPSA) is 34.8 Å². The summed E-state index contributed by atoms with van der Waals surface area (Å²) in [5.41, 5.74) is 4.32. The van der Waals surface area contributed by atoms with Crippen molar-refractivity contribution in [2.24, 2.45) is 7.05 Å². The number of furan rings is 1. The maximum absolute atomic E-state index is 9.19. The minimum atomic E-state index is -2.77. The maximum atomic E-state index is 9.19. The largest absolute Gasteiger partial charge is 0.437 e. The molecular weight excluding hydrogens is 442 g/mol. The predicted octanol–water partition coefficient (Wildman–Crippen LogP) is 7.97. The first kappa shape index (κ1) is 15.2. The van der Waals surface area contributed by atoms with Gasteiger partial charge in [0.25, 0.3) is 5.82 Å².